The van der Waals surface area contributed by atoms with Crippen molar-refractivity contribution < 1.29 is 24.0 Å². The van der Waals surface area contributed by atoms with Crippen LogP contribution in [0.3, 0.4) is 0 Å². The average Bonchev–Trinajstić information content (AvgIpc) is 2.56. The predicted octanol–water partition coefficient (Wildman–Crippen LogP) is 1.38. The SMILES string of the molecule is C[C@@H](OC(=O)C1=NNC(=O)CC1)C(=O)Nc1ccc([N+](=O)[O-])cc1Cl. The van der Waals surface area contributed by atoms with E-state index in [1.165, 1.54) is 19.1 Å². The Labute approximate surface area is 146 Å². The molecule has 1 heterocycles. The zero-order valence-corrected chi connectivity index (χ0v) is 13.7. The number of halogens is 1. The van der Waals surface area contributed by atoms with Crippen molar-refractivity contribution in [1.82, 2.24) is 5.43 Å². The van der Waals surface area contributed by atoms with Crippen LogP contribution in [0.1, 0.15) is 19.8 Å². The number of hydrogen-bond donors (Lipinski definition) is 2. The lowest BCUT2D eigenvalue weighted by molar-refractivity contribution is -0.384. The van der Waals surface area contributed by atoms with E-state index in [2.05, 4.69) is 15.8 Å². The third-order valence-electron chi connectivity index (χ3n) is 3.21. The molecule has 0 aromatic heterocycles. The number of carbonyl (C=O) groups is 3. The molecule has 0 radical (unpaired) electrons. The first-order valence-corrected chi connectivity index (χ1v) is 7.47. The molecule has 0 saturated heterocycles. The van der Waals surface area contributed by atoms with Crippen LogP contribution in [0.2, 0.25) is 5.02 Å². The first kappa shape index (κ1) is 18.3. The second kappa shape index (κ2) is 7.71. The maximum absolute atomic E-state index is 12.1. The van der Waals surface area contributed by atoms with Crippen molar-refractivity contribution in [3.8, 4) is 0 Å². The lowest BCUT2D eigenvalue weighted by Crippen LogP contribution is -2.35. The summed E-state index contributed by atoms with van der Waals surface area (Å²) in [5.41, 5.74) is 2.08. The molecule has 132 valence electrons. The largest absolute Gasteiger partial charge is 0.448 e. The number of hydrazone groups is 1. The van der Waals surface area contributed by atoms with Gasteiger partial charge in [0, 0.05) is 25.0 Å². The number of amides is 2. The Hall–Kier alpha value is -3.01. The summed E-state index contributed by atoms with van der Waals surface area (Å²) in [6.45, 7) is 1.34. The van der Waals surface area contributed by atoms with Gasteiger partial charge in [0.25, 0.3) is 11.6 Å². The first-order valence-electron chi connectivity index (χ1n) is 7.09. The van der Waals surface area contributed by atoms with Crippen molar-refractivity contribution in [2.75, 3.05) is 5.32 Å². The first-order chi connectivity index (χ1) is 11.8. The monoisotopic (exact) mass is 368 g/mol. The van der Waals surface area contributed by atoms with Gasteiger partial charge in [0.2, 0.25) is 5.91 Å². The zero-order valence-electron chi connectivity index (χ0n) is 12.9. The molecule has 1 aromatic rings. The summed E-state index contributed by atoms with van der Waals surface area (Å²) >= 11 is 5.88. The molecule has 0 spiro atoms. The standard InChI is InChI=1S/C14H13ClN4O6/c1-7(25-14(22)11-4-5-12(20)18-17-11)13(21)16-10-3-2-8(19(23)24)6-9(10)15/h2-3,6-7H,4-5H2,1H3,(H,16,21)(H,18,20)/t7-/m1/s1. The number of non-ortho nitro benzene ring substituents is 1. The van der Waals surface area contributed by atoms with Gasteiger partial charge in [-0.15, -0.1) is 0 Å². The number of anilines is 1. The van der Waals surface area contributed by atoms with Crippen LogP contribution in [0.25, 0.3) is 0 Å². The number of hydrogen-bond acceptors (Lipinski definition) is 7. The van der Waals surface area contributed by atoms with Crippen molar-refractivity contribution in [3.05, 3.63) is 33.3 Å². The third-order valence-corrected chi connectivity index (χ3v) is 3.53. The third kappa shape index (κ3) is 4.73. The van der Waals surface area contributed by atoms with Crippen LogP contribution in [0.15, 0.2) is 23.3 Å². The highest BCUT2D eigenvalue weighted by atomic mass is 35.5. The van der Waals surface area contributed by atoms with E-state index >= 15 is 0 Å². The van der Waals surface area contributed by atoms with Crippen LogP contribution in [-0.4, -0.2) is 34.5 Å². The molecule has 10 nitrogen and oxygen atoms in total. The smallest absolute Gasteiger partial charge is 0.355 e. The molecular formula is C14H13ClN4O6. The topological polar surface area (TPSA) is 140 Å². The highest BCUT2D eigenvalue weighted by molar-refractivity contribution is 6.37. The van der Waals surface area contributed by atoms with Crippen molar-refractivity contribution in [1.29, 1.82) is 0 Å². The molecule has 0 fully saturated rings. The molecule has 1 aliphatic heterocycles. The summed E-state index contributed by atoms with van der Waals surface area (Å²) in [7, 11) is 0. The maximum atomic E-state index is 12.1. The molecule has 1 aromatic carbocycles. The second-order valence-corrected chi connectivity index (χ2v) is 5.46. The quantitative estimate of drug-likeness (QED) is 0.457. The van der Waals surface area contributed by atoms with E-state index in [9.17, 15) is 24.5 Å². The number of benzene rings is 1. The molecule has 2 N–H and O–H groups in total. The highest BCUT2D eigenvalue weighted by Crippen LogP contribution is 2.26. The maximum Gasteiger partial charge on any atom is 0.355 e. The van der Waals surface area contributed by atoms with Crippen molar-refractivity contribution in [2.24, 2.45) is 5.10 Å². The van der Waals surface area contributed by atoms with Crippen LogP contribution in [-0.2, 0) is 19.1 Å². The summed E-state index contributed by atoms with van der Waals surface area (Å²) in [5, 5.41) is 16.6. The number of nitro benzene ring substituents is 1. The molecule has 11 heteroatoms. The minimum atomic E-state index is -1.17. The van der Waals surface area contributed by atoms with Gasteiger partial charge >= 0.3 is 5.97 Å². The Morgan fingerprint density at radius 3 is 2.72 bits per heavy atom. The summed E-state index contributed by atoms with van der Waals surface area (Å²) in [4.78, 5) is 44.9. The van der Waals surface area contributed by atoms with Gasteiger partial charge in [-0.1, -0.05) is 11.6 Å². The second-order valence-electron chi connectivity index (χ2n) is 5.05. The molecule has 25 heavy (non-hydrogen) atoms. The average molecular weight is 369 g/mol. The minimum absolute atomic E-state index is 0.00705. The van der Waals surface area contributed by atoms with Gasteiger partial charge in [-0.2, -0.15) is 5.10 Å². The summed E-state index contributed by atoms with van der Waals surface area (Å²) in [6.07, 6.45) is -0.945. The minimum Gasteiger partial charge on any atom is -0.448 e. The van der Waals surface area contributed by atoms with Gasteiger partial charge in [-0.05, 0) is 13.0 Å². The van der Waals surface area contributed by atoms with Crippen LogP contribution < -0.4 is 10.7 Å². The van der Waals surface area contributed by atoms with E-state index in [4.69, 9.17) is 16.3 Å². The number of carbonyl (C=O) groups excluding carboxylic acids is 3. The molecule has 0 bridgehead atoms. The number of nitrogens with zero attached hydrogens (tertiary/aromatic N) is 2. The molecule has 1 aliphatic rings. The number of nitro groups is 1. The molecule has 2 amide bonds. The van der Waals surface area contributed by atoms with Crippen LogP contribution in [0, 0.1) is 10.1 Å². The van der Waals surface area contributed by atoms with Crippen molar-refractivity contribution in [3.63, 3.8) is 0 Å². The lowest BCUT2D eigenvalue weighted by atomic mass is 10.2. The van der Waals surface area contributed by atoms with Gasteiger partial charge in [0.15, 0.2) is 6.10 Å². The Morgan fingerprint density at radius 1 is 1.44 bits per heavy atom. The Kier molecular flexibility index (Phi) is 5.65. The summed E-state index contributed by atoms with van der Waals surface area (Å²) in [5.74, 6) is -1.81. The van der Waals surface area contributed by atoms with E-state index in [-0.39, 0.29) is 40.9 Å². The molecule has 2 rings (SSSR count). The fraction of sp³-hybridized carbons (Fsp3) is 0.286. The van der Waals surface area contributed by atoms with Gasteiger partial charge in [-0.25, -0.2) is 10.2 Å². The van der Waals surface area contributed by atoms with Crippen molar-refractivity contribution >= 4 is 46.5 Å². The number of rotatable bonds is 5. The van der Waals surface area contributed by atoms with Crippen LogP contribution >= 0.6 is 11.6 Å². The molecular weight excluding hydrogens is 356 g/mol. The van der Waals surface area contributed by atoms with Crippen LogP contribution in [0.4, 0.5) is 11.4 Å². The van der Waals surface area contributed by atoms with E-state index < -0.39 is 22.9 Å². The predicted molar refractivity (Wildman–Crippen MR) is 87.1 cm³/mol. The normalized spacial score (nSPS) is 14.8. The lowest BCUT2D eigenvalue weighted by Gasteiger charge is -2.16. The summed E-state index contributed by atoms with van der Waals surface area (Å²) in [6, 6.07) is 3.54. The Bertz CT molecular complexity index is 779. The zero-order chi connectivity index (χ0) is 18.6. The number of nitrogens with one attached hydrogen (secondary N) is 2. The van der Waals surface area contributed by atoms with Gasteiger partial charge < -0.3 is 10.1 Å². The molecule has 0 aliphatic carbocycles. The molecule has 0 unspecified atom stereocenters. The number of ether oxygens (including phenoxy) is 1. The Balaban J connectivity index is 1.97. The number of esters is 1. The van der Waals surface area contributed by atoms with Crippen LogP contribution in [0.5, 0.6) is 0 Å². The van der Waals surface area contributed by atoms with E-state index in [1.54, 1.807) is 0 Å². The highest BCUT2D eigenvalue weighted by Gasteiger charge is 2.25. The van der Waals surface area contributed by atoms with Gasteiger partial charge in [0.05, 0.1) is 15.6 Å². The summed E-state index contributed by atoms with van der Waals surface area (Å²) < 4.78 is 4.98. The molecule has 0 saturated carbocycles. The van der Waals surface area contributed by atoms with E-state index in [0.717, 1.165) is 6.07 Å². The van der Waals surface area contributed by atoms with E-state index in [1.807, 2.05) is 0 Å². The Morgan fingerprint density at radius 2 is 2.16 bits per heavy atom. The molecule has 1 atom stereocenters. The van der Waals surface area contributed by atoms with E-state index in [0.29, 0.717) is 0 Å². The van der Waals surface area contributed by atoms with Gasteiger partial charge in [-0.3, -0.25) is 19.7 Å². The fourth-order valence-electron chi connectivity index (χ4n) is 1.86. The van der Waals surface area contributed by atoms with Crippen molar-refractivity contribution in [2.45, 2.75) is 25.9 Å². The fourth-order valence-corrected chi connectivity index (χ4v) is 2.08. The van der Waals surface area contributed by atoms with Gasteiger partial charge in [0.1, 0.15) is 5.71 Å².